The van der Waals surface area contributed by atoms with E-state index >= 15 is 0 Å². The average molecular weight is 328 g/mol. The average Bonchev–Trinajstić information content (AvgIpc) is 2.82. The van der Waals surface area contributed by atoms with E-state index in [9.17, 15) is 22.3 Å². The number of aliphatic hydroxyl groups is 1. The van der Waals surface area contributed by atoms with Crippen molar-refractivity contribution in [1.82, 2.24) is 4.72 Å². The highest BCUT2D eigenvalue weighted by Gasteiger charge is 2.40. The number of ether oxygens (including phenoxy) is 1. The molecule has 1 saturated heterocycles. The van der Waals surface area contributed by atoms with Gasteiger partial charge in [-0.05, 0) is 18.6 Å². The molecule has 0 spiro atoms. The first kappa shape index (κ1) is 15.6. The lowest BCUT2D eigenvalue weighted by Gasteiger charge is -2.26. The quantitative estimate of drug-likeness (QED) is 0.811. The third kappa shape index (κ3) is 2.79. The van der Waals surface area contributed by atoms with E-state index in [0.717, 1.165) is 12.1 Å². The SMILES string of the molecule is O=S(=O)(NC1(CO)CCOC1)c1c(Cl)ccc(F)c1F. The van der Waals surface area contributed by atoms with Gasteiger partial charge in [0.05, 0.1) is 23.8 Å². The van der Waals surface area contributed by atoms with Crippen LogP contribution in [0.5, 0.6) is 0 Å². The minimum Gasteiger partial charge on any atom is -0.394 e. The molecule has 1 heterocycles. The Labute approximate surface area is 119 Å². The van der Waals surface area contributed by atoms with Gasteiger partial charge in [-0.2, -0.15) is 0 Å². The molecule has 1 atom stereocenters. The Morgan fingerprint density at radius 1 is 1.45 bits per heavy atom. The van der Waals surface area contributed by atoms with Crippen LogP contribution in [0.4, 0.5) is 8.78 Å². The van der Waals surface area contributed by atoms with Gasteiger partial charge >= 0.3 is 0 Å². The molecule has 1 fully saturated rings. The zero-order valence-electron chi connectivity index (χ0n) is 10.2. The number of hydrogen-bond acceptors (Lipinski definition) is 4. The van der Waals surface area contributed by atoms with Gasteiger partial charge in [0.2, 0.25) is 10.0 Å². The number of hydrogen-bond donors (Lipinski definition) is 2. The second-order valence-corrected chi connectivity index (χ2v) is 6.55. The van der Waals surface area contributed by atoms with Crippen LogP contribution in [0.25, 0.3) is 0 Å². The molecular formula is C11H12ClF2NO4S. The van der Waals surface area contributed by atoms with Crippen LogP contribution >= 0.6 is 11.6 Å². The van der Waals surface area contributed by atoms with E-state index in [-0.39, 0.29) is 19.6 Å². The summed E-state index contributed by atoms with van der Waals surface area (Å²) in [5, 5.41) is 8.87. The van der Waals surface area contributed by atoms with Gasteiger partial charge in [0.25, 0.3) is 0 Å². The van der Waals surface area contributed by atoms with Crippen molar-refractivity contribution < 1.29 is 27.0 Å². The van der Waals surface area contributed by atoms with E-state index in [1.54, 1.807) is 0 Å². The van der Waals surface area contributed by atoms with E-state index < -0.39 is 43.7 Å². The second kappa shape index (κ2) is 5.53. The van der Waals surface area contributed by atoms with Gasteiger partial charge in [-0.15, -0.1) is 0 Å². The molecule has 20 heavy (non-hydrogen) atoms. The summed E-state index contributed by atoms with van der Waals surface area (Å²) in [4.78, 5) is -0.973. The standard InChI is InChI=1S/C11H12ClF2NO4S/c12-7-1-2-8(13)9(14)10(7)20(17,18)15-11(5-16)3-4-19-6-11/h1-2,15-16H,3-6H2. The van der Waals surface area contributed by atoms with Crippen molar-refractivity contribution in [2.75, 3.05) is 19.8 Å². The van der Waals surface area contributed by atoms with Crippen LogP contribution in [0, 0.1) is 11.6 Å². The van der Waals surface area contributed by atoms with Crippen LogP contribution in [0.2, 0.25) is 5.02 Å². The fourth-order valence-electron chi connectivity index (χ4n) is 1.94. The second-order valence-electron chi connectivity index (χ2n) is 4.52. The van der Waals surface area contributed by atoms with Crippen LogP contribution in [-0.4, -0.2) is 38.9 Å². The molecule has 9 heteroatoms. The van der Waals surface area contributed by atoms with E-state index in [1.807, 2.05) is 0 Å². The Kier molecular flexibility index (Phi) is 4.31. The van der Waals surface area contributed by atoms with Crippen LogP contribution in [0.1, 0.15) is 6.42 Å². The lowest BCUT2D eigenvalue weighted by molar-refractivity contribution is 0.135. The number of nitrogens with one attached hydrogen (secondary N) is 1. The molecule has 0 amide bonds. The Balaban J connectivity index is 2.43. The molecule has 5 nitrogen and oxygen atoms in total. The van der Waals surface area contributed by atoms with E-state index in [2.05, 4.69) is 4.72 Å². The molecule has 0 bridgehead atoms. The topological polar surface area (TPSA) is 75.6 Å². The molecule has 1 aliphatic rings. The molecule has 0 saturated carbocycles. The minimum atomic E-state index is -4.44. The minimum absolute atomic E-state index is 0.0583. The summed E-state index contributed by atoms with van der Waals surface area (Å²) in [5.74, 6) is -2.88. The van der Waals surface area contributed by atoms with Crippen LogP contribution in [0.15, 0.2) is 17.0 Å². The van der Waals surface area contributed by atoms with E-state index in [1.165, 1.54) is 0 Å². The highest BCUT2D eigenvalue weighted by Crippen LogP contribution is 2.29. The summed E-state index contributed by atoms with van der Waals surface area (Å²) in [5.41, 5.74) is -1.25. The first-order chi connectivity index (χ1) is 9.31. The maximum atomic E-state index is 13.7. The van der Waals surface area contributed by atoms with Crippen molar-refractivity contribution in [3.8, 4) is 0 Å². The van der Waals surface area contributed by atoms with Crippen LogP contribution < -0.4 is 4.72 Å². The smallest absolute Gasteiger partial charge is 0.245 e. The van der Waals surface area contributed by atoms with Crippen LogP contribution in [0.3, 0.4) is 0 Å². The van der Waals surface area contributed by atoms with Crippen LogP contribution in [-0.2, 0) is 14.8 Å². The Hall–Kier alpha value is -0.800. The Morgan fingerprint density at radius 2 is 2.15 bits per heavy atom. The summed E-state index contributed by atoms with van der Waals surface area (Å²) in [6.45, 7) is -0.333. The molecule has 2 rings (SSSR count). The maximum absolute atomic E-state index is 13.7. The maximum Gasteiger partial charge on any atom is 0.245 e. The van der Waals surface area contributed by atoms with Crippen molar-refractivity contribution in [1.29, 1.82) is 0 Å². The predicted octanol–water partition coefficient (Wildman–Crippen LogP) is 1.05. The molecule has 1 aromatic carbocycles. The van der Waals surface area contributed by atoms with Crippen molar-refractivity contribution in [3.63, 3.8) is 0 Å². The summed E-state index contributed by atoms with van der Waals surface area (Å²) >= 11 is 5.64. The van der Waals surface area contributed by atoms with Crippen molar-refractivity contribution in [2.24, 2.45) is 0 Å². The number of sulfonamides is 1. The summed E-state index contributed by atoms with van der Waals surface area (Å²) < 4.78 is 58.4. The summed E-state index contributed by atoms with van der Waals surface area (Å²) in [7, 11) is -4.44. The molecule has 0 aliphatic carbocycles. The fourth-order valence-corrected chi connectivity index (χ4v) is 3.94. The molecule has 112 valence electrons. The number of halogens is 3. The summed E-state index contributed by atoms with van der Waals surface area (Å²) in [6.07, 6.45) is 0.220. The molecule has 1 aromatic rings. The van der Waals surface area contributed by atoms with Gasteiger partial charge in [-0.25, -0.2) is 21.9 Å². The molecule has 2 N–H and O–H groups in total. The molecule has 1 aliphatic heterocycles. The molecule has 0 aromatic heterocycles. The number of aliphatic hydroxyl groups excluding tert-OH is 1. The van der Waals surface area contributed by atoms with Gasteiger partial charge in [-0.3, -0.25) is 0 Å². The highest BCUT2D eigenvalue weighted by atomic mass is 35.5. The van der Waals surface area contributed by atoms with Gasteiger partial charge < -0.3 is 9.84 Å². The normalized spacial score (nSPS) is 23.2. The van der Waals surface area contributed by atoms with Gasteiger partial charge in [-0.1, -0.05) is 11.6 Å². The van der Waals surface area contributed by atoms with Gasteiger partial charge in [0.1, 0.15) is 4.90 Å². The zero-order chi connectivity index (χ0) is 15.0. The lowest BCUT2D eigenvalue weighted by Crippen LogP contribution is -2.52. The first-order valence-corrected chi connectivity index (χ1v) is 7.53. The third-order valence-electron chi connectivity index (χ3n) is 3.03. The van der Waals surface area contributed by atoms with Gasteiger partial charge in [0, 0.05) is 6.61 Å². The number of benzene rings is 1. The Bertz CT molecular complexity index is 617. The molecule has 1 unspecified atom stereocenters. The van der Waals surface area contributed by atoms with Gasteiger partial charge in [0.15, 0.2) is 11.6 Å². The molecular weight excluding hydrogens is 316 g/mol. The molecule has 0 radical (unpaired) electrons. The fraction of sp³-hybridized carbons (Fsp3) is 0.455. The van der Waals surface area contributed by atoms with Crippen molar-refractivity contribution >= 4 is 21.6 Å². The summed E-state index contributed by atoms with van der Waals surface area (Å²) in [6, 6.07) is 1.68. The predicted molar refractivity (Wildman–Crippen MR) is 66.9 cm³/mol. The largest absolute Gasteiger partial charge is 0.394 e. The van der Waals surface area contributed by atoms with Crippen molar-refractivity contribution in [2.45, 2.75) is 16.9 Å². The number of rotatable bonds is 4. The monoisotopic (exact) mass is 327 g/mol. The first-order valence-electron chi connectivity index (χ1n) is 5.67. The lowest BCUT2D eigenvalue weighted by atomic mass is 10.0. The van der Waals surface area contributed by atoms with E-state index in [4.69, 9.17) is 16.3 Å². The zero-order valence-corrected chi connectivity index (χ0v) is 11.8. The third-order valence-corrected chi connectivity index (χ3v) is 5.09. The van der Waals surface area contributed by atoms with E-state index in [0.29, 0.717) is 0 Å². The highest BCUT2D eigenvalue weighted by molar-refractivity contribution is 7.89. The Morgan fingerprint density at radius 3 is 2.70 bits per heavy atom. The van der Waals surface area contributed by atoms with Crippen molar-refractivity contribution in [3.05, 3.63) is 28.8 Å².